The van der Waals surface area contributed by atoms with Gasteiger partial charge in [0.25, 0.3) is 0 Å². The van der Waals surface area contributed by atoms with Crippen molar-refractivity contribution in [1.82, 2.24) is 19.5 Å². The van der Waals surface area contributed by atoms with Crippen LogP contribution in [0.5, 0.6) is 0 Å². The Hall–Kier alpha value is -1.86. The molecule has 1 fully saturated rings. The molecule has 2 amide bonds. The van der Waals surface area contributed by atoms with Gasteiger partial charge in [0.05, 0.1) is 19.0 Å². The van der Waals surface area contributed by atoms with E-state index in [-0.39, 0.29) is 40.0 Å². The number of anilines is 1. The third kappa shape index (κ3) is 9.93. The second-order valence-corrected chi connectivity index (χ2v) is 23.9. The molecule has 1 radical (unpaired) electrons. The Kier molecular flexibility index (Phi) is 13.4. The van der Waals surface area contributed by atoms with Crippen LogP contribution in [0.2, 0.25) is 27.4 Å². The molecule has 2 aromatic rings. The van der Waals surface area contributed by atoms with Crippen LogP contribution in [0.1, 0.15) is 103 Å². The van der Waals surface area contributed by atoms with Crippen LogP contribution in [0.4, 0.5) is 15.4 Å². The molecular weight excluding hydrogens is 709 g/mol. The molecule has 3 rings (SSSR count). The monoisotopic (exact) mass is 762 g/mol. The van der Waals surface area contributed by atoms with Crippen LogP contribution in [-0.4, -0.2) is 89.5 Å². The first-order chi connectivity index (χ1) is 22.4. The number of hydrogen-bond acceptors (Lipinski definition) is 11. The van der Waals surface area contributed by atoms with E-state index in [1.54, 1.807) is 46.1 Å². The zero-order valence-electron chi connectivity index (χ0n) is 31.2. The molecule has 0 bridgehead atoms. The minimum atomic E-state index is -3.31. The summed E-state index contributed by atoms with van der Waals surface area (Å²) in [5.41, 5.74) is -1.28. The smallest absolute Gasteiger partial charge is 0.425 e. The van der Waals surface area contributed by atoms with E-state index in [2.05, 4.69) is 42.6 Å². The van der Waals surface area contributed by atoms with Gasteiger partial charge in [0.1, 0.15) is 22.7 Å². The molecule has 1 aliphatic rings. The molecule has 1 saturated heterocycles. The number of nitrogens with zero attached hydrogens (tertiary/aromatic N) is 5. The lowest BCUT2D eigenvalue weighted by atomic mass is 10.2. The number of ether oxygens (including phenoxy) is 3. The largest absolute Gasteiger partial charge is 0.443 e. The number of amides is 2. The predicted molar refractivity (Wildman–Crippen MR) is 194 cm³/mol. The van der Waals surface area contributed by atoms with Gasteiger partial charge in [0.2, 0.25) is 14.3 Å². The van der Waals surface area contributed by atoms with Crippen LogP contribution in [0.3, 0.4) is 0 Å². The van der Waals surface area contributed by atoms with Crippen molar-refractivity contribution in [3.05, 3.63) is 11.6 Å². The molecule has 0 aliphatic carbocycles. The maximum atomic E-state index is 13.5. The fraction of sp³-hybridized carbons (Fsp3) is 0.781. The van der Waals surface area contributed by atoms with Crippen LogP contribution in [0, 0.1) is 0 Å². The van der Waals surface area contributed by atoms with Crippen LogP contribution >= 0.6 is 23.2 Å². The second kappa shape index (κ2) is 15.8. The SMILES string of the molecule is CC(C)[Si](OC[C@H]1O[C@@H](n2cnc3c(N(C(=O)OC(C)(C)C)C(=O)OC(C)(C)C)nc(Cl)nc32)[C@@H](Cl)[C@@H]1O[Si](O)(C(C)C)C(C)C)C(C)C. The Labute approximate surface area is 303 Å². The lowest BCUT2D eigenvalue weighted by molar-refractivity contribution is -0.0403. The summed E-state index contributed by atoms with van der Waals surface area (Å²) in [4.78, 5) is 52.6. The summed E-state index contributed by atoms with van der Waals surface area (Å²) in [6.45, 7) is 26.6. The molecular formula is C32H54Cl2N5O8Si2. The summed E-state index contributed by atoms with van der Waals surface area (Å²) in [5, 5.41) is -1.11. The van der Waals surface area contributed by atoms with E-state index in [0.29, 0.717) is 16.0 Å². The number of alkyl halides is 1. The van der Waals surface area contributed by atoms with E-state index in [0.717, 1.165) is 0 Å². The first-order valence-corrected chi connectivity index (χ1v) is 21.1. The number of rotatable bonds is 11. The molecule has 49 heavy (non-hydrogen) atoms. The average Bonchev–Trinajstić information content (AvgIpc) is 3.46. The van der Waals surface area contributed by atoms with Crippen molar-refractivity contribution < 1.29 is 37.4 Å². The molecule has 1 aliphatic heterocycles. The van der Waals surface area contributed by atoms with Crippen molar-refractivity contribution in [3.63, 3.8) is 0 Å². The molecule has 0 spiro atoms. The quantitative estimate of drug-likeness (QED) is 0.134. The predicted octanol–water partition coefficient (Wildman–Crippen LogP) is 8.13. The zero-order valence-corrected chi connectivity index (χ0v) is 34.7. The molecule has 3 heterocycles. The van der Waals surface area contributed by atoms with Crippen molar-refractivity contribution in [1.29, 1.82) is 0 Å². The fourth-order valence-electron chi connectivity index (χ4n) is 5.61. The molecule has 0 aromatic carbocycles. The van der Waals surface area contributed by atoms with E-state index >= 15 is 0 Å². The summed E-state index contributed by atoms with van der Waals surface area (Å²) >= 11 is 13.6. The Morgan fingerprint density at radius 2 is 1.49 bits per heavy atom. The van der Waals surface area contributed by atoms with Gasteiger partial charge in [-0.05, 0) is 75.3 Å². The topological polar surface area (TPSA) is 147 Å². The molecule has 1 N–H and O–H groups in total. The molecule has 0 unspecified atom stereocenters. The number of imidazole rings is 1. The zero-order chi connectivity index (χ0) is 37.4. The molecule has 4 atom stereocenters. The molecule has 13 nitrogen and oxygen atoms in total. The van der Waals surface area contributed by atoms with Gasteiger partial charge in [-0.2, -0.15) is 14.9 Å². The highest BCUT2D eigenvalue weighted by atomic mass is 35.5. The Morgan fingerprint density at radius 3 is 1.94 bits per heavy atom. The fourth-order valence-corrected chi connectivity index (χ4v) is 11.2. The van der Waals surface area contributed by atoms with Crippen LogP contribution < -0.4 is 4.90 Å². The first kappa shape index (κ1) is 41.6. The summed E-state index contributed by atoms with van der Waals surface area (Å²) < 4.78 is 32.4. The maximum Gasteiger partial charge on any atom is 0.425 e. The number of imide groups is 1. The standard InChI is InChI=1S/C32H54Cl2N5O8Si2/c1-17(2)48(18(3)4)43-15-21-24(47-49(42,19(5)6)20(7)8)22(33)27(44-21)38-16-35-23-25(38)36-28(34)37-26(23)39(29(40)45-31(9,10)11)30(41)46-32(12,13)14/h16-22,24,27,42H,15H2,1-14H3/t21-,22+,24-,27-/m1/s1. The van der Waals surface area contributed by atoms with E-state index in [1.807, 2.05) is 27.7 Å². The van der Waals surface area contributed by atoms with Crippen LogP contribution in [0.15, 0.2) is 6.33 Å². The third-order valence-electron chi connectivity index (χ3n) is 7.81. The lowest BCUT2D eigenvalue weighted by Crippen LogP contribution is -2.52. The Morgan fingerprint density at radius 1 is 0.980 bits per heavy atom. The van der Waals surface area contributed by atoms with Crippen LogP contribution in [0.25, 0.3) is 11.2 Å². The van der Waals surface area contributed by atoms with Gasteiger partial charge in [0.15, 0.2) is 23.2 Å². The van der Waals surface area contributed by atoms with Gasteiger partial charge in [0, 0.05) is 0 Å². The highest BCUT2D eigenvalue weighted by Crippen LogP contribution is 2.42. The second-order valence-electron chi connectivity index (χ2n) is 15.6. The summed E-state index contributed by atoms with van der Waals surface area (Å²) in [5.74, 6) is -0.239. The van der Waals surface area contributed by atoms with E-state index in [4.69, 9.17) is 46.3 Å². The number of aromatic nitrogens is 4. The highest BCUT2D eigenvalue weighted by molar-refractivity contribution is 6.69. The Bertz CT molecular complexity index is 1420. The van der Waals surface area contributed by atoms with Gasteiger partial charge in [-0.3, -0.25) is 4.57 Å². The van der Waals surface area contributed by atoms with E-state index in [9.17, 15) is 14.4 Å². The van der Waals surface area contributed by atoms with Crippen molar-refractivity contribution in [2.45, 2.75) is 154 Å². The molecule has 17 heteroatoms. The first-order valence-electron chi connectivity index (χ1n) is 16.7. The summed E-state index contributed by atoms with van der Waals surface area (Å²) in [6.07, 6.45) is -2.95. The summed E-state index contributed by atoms with van der Waals surface area (Å²) in [6, 6.07) is 0. The van der Waals surface area contributed by atoms with Crippen molar-refractivity contribution in [2.24, 2.45) is 0 Å². The van der Waals surface area contributed by atoms with Gasteiger partial charge < -0.3 is 27.9 Å². The number of carbonyl (C=O) groups is 2. The average molecular weight is 764 g/mol. The third-order valence-corrected chi connectivity index (χ3v) is 15.2. The van der Waals surface area contributed by atoms with Gasteiger partial charge in [-0.1, -0.05) is 55.4 Å². The number of carbonyl (C=O) groups excluding carboxylic acids is 2. The minimum Gasteiger partial charge on any atom is -0.443 e. The van der Waals surface area contributed by atoms with Crippen molar-refractivity contribution >= 4 is 70.0 Å². The minimum absolute atomic E-state index is 0.0473. The van der Waals surface area contributed by atoms with Crippen molar-refractivity contribution in [2.75, 3.05) is 11.5 Å². The number of halogens is 2. The summed E-state index contributed by atoms with van der Waals surface area (Å²) in [7, 11) is -4.54. The Balaban J connectivity index is 2.14. The lowest BCUT2D eigenvalue weighted by Gasteiger charge is -2.37. The number of fused-ring (bicyclic) bond motifs is 1. The van der Waals surface area contributed by atoms with Gasteiger partial charge in [-0.25, -0.2) is 14.6 Å². The highest BCUT2D eigenvalue weighted by Gasteiger charge is 2.53. The maximum absolute atomic E-state index is 13.5. The van der Waals surface area contributed by atoms with E-state index < -0.39 is 64.8 Å². The molecule has 2 aromatic heterocycles. The van der Waals surface area contributed by atoms with E-state index in [1.165, 1.54) is 6.33 Å². The number of hydrogen-bond donors (Lipinski definition) is 1. The normalized spacial score (nSPS) is 20.8. The van der Waals surface area contributed by atoms with Gasteiger partial charge in [-0.15, -0.1) is 11.6 Å². The van der Waals surface area contributed by atoms with Gasteiger partial charge >= 0.3 is 20.7 Å². The van der Waals surface area contributed by atoms with Crippen LogP contribution in [-0.2, 0) is 23.1 Å². The molecule has 277 valence electrons. The molecule has 0 saturated carbocycles. The van der Waals surface area contributed by atoms with Crippen molar-refractivity contribution in [3.8, 4) is 0 Å².